The van der Waals surface area contributed by atoms with E-state index in [1.54, 1.807) is 41.5 Å². The number of unbranched alkanes of at least 4 members (excludes halogenated alkanes) is 2. The van der Waals surface area contributed by atoms with E-state index in [4.69, 9.17) is 18.9 Å². The third-order valence-electron chi connectivity index (χ3n) is 10.3. The average molecular weight is 958 g/mol. The molecule has 1 aliphatic rings. The smallest absolute Gasteiger partial charge is 0.407 e. The molecule has 7 N–H and O–H groups in total. The molecule has 19 heteroatoms. The molecule has 0 aromatic heterocycles. The van der Waals surface area contributed by atoms with Crippen molar-refractivity contribution in [2.45, 2.75) is 116 Å². The van der Waals surface area contributed by atoms with Gasteiger partial charge in [0, 0.05) is 19.0 Å². The van der Waals surface area contributed by atoms with Crippen molar-refractivity contribution in [3.8, 4) is 11.1 Å². The van der Waals surface area contributed by atoms with Crippen LogP contribution in [0, 0.1) is 0 Å². The maximum absolute atomic E-state index is 13.8. The van der Waals surface area contributed by atoms with Crippen molar-refractivity contribution < 1.29 is 57.3 Å². The van der Waals surface area contributed by atoms with Gasteiger partial charge < -0.3 is 56.2 Å². The number of carbonyl (C=O) groups is 8. The summed E-state index contributed by atoms with van der Waals surface area (Å²) in [5.41, 5.74) is 3.47. The number of hydrogen-bond donors (Lipinski definition) is 7. The summed E-state index contributed by atoms with van der Waals surface area (Å²) in [4.78, 5) is 102. The van der Waals surface area contributed by atoms with Crippen LogP contribution in [0.3, 0.4) is 0 Å². The molecule has 0 saturated heterocycles. The molecule has 4 rings (SSSR count). The standard InChI is InChI=1S/C50H67N7O12/c1-49(2,3)68-45(62)40(25-15-17-26-51-46(63)66-31-33-18-8-7-9-19-33)57-44(61)39(24-14-16-27-52-48(65)69-50(4,5)6)56-43(60)30-54-41(58)28-53-42(59)29-55-47(64)67-32-38-36-22-12-10-20-34(36)35-21-11-13-23-37(35)38/h7-13,18-23,38-40H,14-17,24-32H2,1-6H3,(H,51,63)(H,52,65)(H,53,59)(H,54,58)(H,55,64)(H,56,60)(H,57,61)/t39-,40-/m0/s1. The van der Waals surface area contributed by atoms with Gasteiger partial charge in [-0.2, -0.15) is 0 Å². The van der Waals surface area contributed by atoms with Gasteiger partial charge in [-0.25, -0.2) is 19.2 Å². The van der Waals surface area contributed by atoms with E-state index in [1.807, 2.05) is 78.9 Å². The fourth-order valence-corrected chi connectivity index (χ4v) is 7.11. The zero-order valence-corrected chi connectivity index (χ0v) is 40.3. The van der Waals surface area contributed by atoms with Crippen LogP contribution in [0.15, 0.2) is 78.9 Å². The molecule has 0 heterocycles. The minimum Gasteiger partial charge on any atom is -0.458 e. The van der Waals surface area contributed by atoms with Crippen LogP contribution in [0.4, 0.5) is 14.4 Å². The predicted octanol–water partition coefficient (Wildman–Crippen LogP) is 4.86. The molecule has 3 aromatic carbocycles. The van der Waals surface area contributed by atoms with Crippen molar-refractivity contribution in [1.82, 2.24) is 37.2 Å². The SMILES string of the molecule is CC(C)(C)OC(=O)NCCCC[C@H](NC(=O)CNC(=O)CNC(=O)CNC(=O)OCC1c2ccccc2-c2ccccc21)C(=O)N[C@@H](CCCCNC(=O)OCc1ccccc1)C(=O)OC(C)(C)C. The predicted molar refractivity (Wildman–Crippen MR) is 255 cm³/mol. The maximum Gasteiger partial charge on any atom is 0.407 e. The van der Waals surface area contributed by atoms with Gasteiger partial charge in [-0.3, -0.25) is 19.2 Å². The van der Waals surface area contributed by atoms with Gasteiger partial charge in [-0.1, -0.05) is 78.9 Å². The van der Waals surface area contributed by atoms with Crippen LogP contribution in [0.5, 0.6) is 0 Å². The summed E-state index contributed by atoms with van der Waals surface area (Å²) in [5, 5.41) is 17.8. The number of fused-ring (bicyclic) bond motifs is 3. The lowest BCUT2D eigenvalue weighted by Gasteiger charge is -2.26. The Morgan fingerprint density at radius 3 is 1.58 bits per heavy atom. The van der Waals surface area contributed by atoms with Crippen molar-refractivity contribution in [3.63, 3.8) is 0 Å². The first-order valence-electron chi connectivity index (χ1n) is 23.1. The third-order valence-corrected chi connectivity index (χ3v) is 10.3. The first-order chi connectivity index (χ1) is 32.8. The minimum atomic E-state index is -1.18. The van der Waals surface area contributed by atoms with E-state index in [1.165, 1.54) is 0 Å². The van der Waals surface area contributed by atoms with Crippen LogP contribution in [0.25, 0.3) is 11.1 Å². The van der Waals surface area contributed by atoms with Gasteiger partial charge >= 0.3 is 24.2 Å². The van der Waals surface area contributed by atoms with Gasteiger partial charge in [0.1, 0.15) is 43.0 Å². The zero-order valence-electron chi connectivity index (χ0n) is 40.3. The van der Waals surface area contributed by atoms with Gasteiger partial charge in [0.15, 0.2) is 0 Å². The summed E-state index contributed by atoms with van der Waals surface area (Å²) in [6, 6.07) is 22.7. The molecule has 2 atom stereocenters. The number of esters is 1. The summed E-state index contributed by atoms with van der Waals surface area (Å²) < 4.78 is 21.6. The van der Waals surface area contributed by atoms with Gasteiger partial charge in [0.05, 0.1) is 13.1 Å². The molecule has 19 nitrogen and oxygen atoms in total. The molecule has 0 radical (unpaired) electrons. The minimum absolute atomic E-state index is 0.0546. The molecule has 0 fully saturated rings. The number of ether oxygens (including phenoxy) is 4. The highest BCUT2D eigenvalue weighted by molar-refractivity contribution is 5.93. The number of rotatable bonds is 24. The summed E-state index contributed by atoms with van der Waals surface area (Å²) >= 11 is 0. The van der Waals surface area contributed by atoms with Gasteiger partial charge in [0.25, 0.3) is 0 Å². The lowest BCUT2D eigenvalue weighted by molar-refractivity contribution is -0.159. The number of hydrogen-bond acceptors (Lipinski definition) is 12. The Hall–Kier alpha value is -7.18. The van der Waals surface area contributed by atoms with E-state index in [2.05, 4.69) is 37.2 Å². The van der Waals surface area contributed by atoms with Gasteiger partial charge in [-0.15, -0.1) is 0 Å². The zero-order chi connectivity index (χ0) is 50.4. The van der Waals surface area contributed by atoms with E-state index in [9.17, 15) is 38.4 Å². The van der Waals surface area contributed by atoms with Crippen molar-refractivity contribution >= 4 is 47.9 Å². The highest BCUT2D eigenvalue weighted by Crippen LogP contribution is 2.44. The molecule has 7 amide bonds. The molecule has 1 aliphatic carbocycles. The van der Waals surface area contributed by atoms with Crippen molar-refractivity contribution in [3.05, 3.63) is 95.6 Å². The first kappa shape index (κ1) is 54.4. The van der Waals surface area contributed by atoms with E-state index in [0.29, 0.717) is 25.7 Å². The molecule has 0 saturated carbocycles. The van der Waals surface area contributed by atoms with Crippen LogP contribution in [0.2, 0.25) is 0 Å². The molecule has 0 spiro atoms. The molecule has 374 valence electrons. The number of benzene rings is 3. The van der Waals surface area contributed by atoms with Crippen LogP contribution in [-0.4, -0.2) is 110 Å². The summed E-state index contributed by atoms with van der Waals surface area (Å²) in [5.74, 6) is -3.70. The normalized spacial score (nSPS) is 12.7. The Morgan fingerprint density at radius 1 is 0.507 bits per heavy atom. The Bertz CT molecular complexity index is 2180. The van der Waals surface area contributed by atoms with E-state index in [0.717, 1.165) is 27.8 Å². The second kappa shape index (κ2) is 27.0. The maximum atomic E-state index is 13.8. The summed E-state index contributed by atoms with van der Waals surface area (Å²) in [7, 11) is 0. The fourth-order valence-electron chi connectivity index (χ4n) is 7.11. The van der Waals surface area contributed by atoms with Crippen LogP contribution in [-0.2, 0) is 49.5 Å². The Balaban J connectivity index is 1.24. The molecular weight excluding hydrogens is 891 g/mol. The second-order valence-electron chi connectivity index (χ2n) is 18.4. The summed E-state index contributed by atoms with van der Waals surface area (Å²) in [6.07, 6.45) is -0.202. The molecule has 0 bridgehead atoms. The molecule has 0 aliphatic heterocycles. The quantitative estimate of drug-likeness (QED) is 0.0361. The first-order valence-corrected chi connectivity index (χ1v) is 23.1. The topological polar surface area (TPSA) is 258 Å². The molecular formula is C50H67N7O12. The highest BCUT2D eigenvalue weighted by atomic mass is 16.6. The summed E-state index contributed by atoms with van der Waals surface area (Å²) in [6.45, 7) is 9.33. The lowest BCUT2D eigenvalue weighted by Crippen LogP contribution is -2.54. The Kier molecular flexibility index (Phi) is 21.3. The largest absolute Gasteiger partial charge is 0.458 e. The Labute approximate surface area is 403 Å². The molecule has 0 unspecified atom stereocenters. The van der Waals surface area contributed by atoms with E-state index in [-0.39, 0.29) is 45.1 Å². The number of amides is 7. The van der Waals surface area contributed by atoms with E-state index < -0.39 is 90.8 Å². The van der Waals surface area contributed by atoms with Gasteiger partial charge in [0.2, 0.25) is 23.6 Å². The Morgan fingerprint density at radius 2 is 1.00 bits per heavy atom. The third kappa shape index (κ3) is 20.3. The fraction of sp³-hybridized carbons (Fsp3) is 0.480. The monoisotopic (exact) mass is 957 g/mol. The van der Waals surface area contributed by atoms with Crippen molar-refractivity contribution in [2.75, 3.05) is 39.3 Å². The van der Waals surface area contributed by atoms with Gasteiger partial charge in [-0.05, 0) is 108 Å². The van der Waals surface area contributed by atoms with E-state index >= 15 is 0 Å². The average Bonchev–Trinajstić information content (AvgIpc) is 3.62. The number of carbonyl (C=O) groups excluding carboxylic acids is 8. The van der Waals surface area contributed by atoms with Crippen molar-refractivity contribution in [1.29, 1.82) is 0 Å². The second-order valence-corrected chi connectivity index (χ2v) is 18.4. The molecule has 3 aromatic rings. The highest BCUT2D eigenvalue weighted by Gasteiger charge is 2.31. The number of nitrogens with one attached hydrogen (secondary N) is 7. The molecule has 69 heavy (non-hydrogen) atoms. The van der Waals surface area contributed by atoms with Crippen LogP contribution < -0.4 is 37.2 Å². The van der Waals surface area contributed by atoms with Crippen LogP contribution in [0.1, 0.15) is 103 Å². The lowest BCUT2D eigenvalue weighted by atomic mass is 9.98. The van der Waals surface area contributed by atoms with Crippen molar-refractivity contribution in [2.24, 2.45) is 0 Å². The van der Waals surface area contributed by atoms with Crippen LogP contribution >= 0.6 is 0 Å². The number of alkyl carbamates (subject to hydrolysis) is 3.